The van der Waals surface area contributed by atoms with Crippen LogP contribution in [0.3, 0.4) is 0 Å². The second kappa shape index (κ2) is 12.7. The zero-order chi connectivity index (χ0) is 41.5. The third-order valence-corrected chi connectivity index (χ3v) is 13.6. The molecule has 0 saturated carbocycles. The number of para-hydroxylation sites is 5. The maximum absolute atomic E-state index is 5.68. The van der Waals surface area contributed by atoms with E-state index in [9.17, 15) is 0 Å². The molecule has 63 heavy (non-hydrogen) atoms. The van der Waals surface area contributed by atoms with Crippen LogP contribution in [0.5, 0.6) is 0 Å². The molecule has 0 spiro atoms. The molecule has 0 aliphatic heterocycles. The zero-order valence-electron chi connectivity index (χ0n) is 34.6. The molecule has 0 radical (unpaired) electrons. The quantitative estimate of drug-likeness (QED) is 0.178. The molecule has 1 aliphatic carbocycles. The molecule has 8 nitrogen and oxygen atoms in total. The molecular weight excluding hydrogens is 773 g/mol. The van der Waals surface area contributed by atoms with E-state index in [1.807, 2.05) is 0 Å². The molecule has 0 fully saturated rings. The molecule has 13 aromatic rings. The molecule has 7 aromatic carbocycles. The monoisotopic (exact) mass is 810 g/mol. The highest BCUT2D eigenvalue weighted by Crippen LogP contribution is 2.47. The Labute approximate surface area is 360 Å². The average molecular weight is 811 g/mol. The molecule has 8 heteroatoms. The fraction of sp³-hybridized carbons (Fsp3) is 0.0727. The summed E-state index contributed by atoms with van der Waals surface area (Å²) >= 11 is 0. The predicted molar refractivity (Wildman–Crippen MR) is 258 cm³/mol. The maximum Gasteiger partial charge on any atom is 0.216 e. The van der Waals surface area contributed by atoms with Crippen molar-refractivity contribution < 1.29 is 0 Å². The summed E-state index contributed by atoms with van der Waals surface area (Å²) < 4.78 is 11.7. The van der Waals surface area contributed by atoms with Gasteiger partial charge in [0, 0.05) is 56.1 Å². The maximum atomic E-state index is 5.68. The smallest absolute Gasteiger partial charge is 0.216 e. The number of nitrogens with zero attached hydrogens (tertiary/aromatic N) is 8. The van der Waals surface area contributed by atoms with Crippen LogP contribution in [0.2, 0.25) is 0 Å². The van der Waals surface area contributed by atoms with Gasteiger partial charge in [-0.3, -0.25) is 13.7 Å². The van der Waals surface area contributed by atoms with Crippen molar-refractivity contribution in [3.8, 4) is 23.1 Å². The lowest BCUT2D eigenvalue weighted by Crippen LogP contribution is -2.04. The third kappa shape index (κ3) is 4.51. The van der Waals surface area contributed by atoms with Crippen molar-refractivity contribution in [1.82, 2.24) is 37.8 Å². The highest BCUT2D eigenvalue weighted by molar-refractivity contribution is 6.24. The fourth-order valence-corrected chi connectivity index (χ4v) is 11.0. The minimum atomic E-state index is 0.325. The van der Waals surface area contributed by atoms with Crippen molar-refractivity contribution in [3.05, 3.63) is 181 Å². The van der Waals surface area contributed by atoms with Gasteiger partial charge in [-0.1, -0.05) is 122 Å². The number of imidazole rings is 1. The number of aromatic nitrogens is 8. The minimum absolute atomic E-state index is 0.325. The van der Waals surface area contributed by atoms with Crippen LogP contribution in [0, 0.1) is 0 Å². The van der Waals surface area contributed by atoms with Gasteiger partial charge in [0.05, 0.1) is 44.3 Å². The first kappa shape index (κ1) is 34.5. The van der Waals surface area contributed by atoms with Gasteiger partial charge in [0.15, 0.2) is 17.0 Å². The van der Waals surface area contributed by atoms with Gasteiger partial charge in [-0.05, 0) is 72.5 Å². The molecule has 6 aromatic heterocycles. The van der Waals surface area contributed by atoms with E-state index < -0.39 is 0 Å². The SMILES string of the molecule is CC1CC=Cc2c1c1c(ccc3c4ccccc4n(-c4nc5c(-n6c7ccccc7c7ccc8c9ccccc9n(-c9ccccc9)c8c76)ncnc5n4C)c31)n2-c1ccccc1. The highest BCUT2D eigenvalue weighted by Gasteiger charge is 2.30. The summed E-state index contributed by atoms with van der Waals surface area (Å²) in [6.45, 7) is 2.36. The Morgan fingerprint density at radius 3 is 1.70 bits per heavy atom. The van der Waals surface area contributed by atoms with Crippen molar-refractivity contribution in [2.45, 2.75) is 19.3 Å². The van der Waals surface area contributed by atoms with Gasteiger partial charge < -0.3 is 9.13 Å². The van der Waals surface area contributed by atoms with E-state index in [-0.39, 0.29) is 0 Å². The summed E-state index contributed by atoms with van der Waals surface area (Å²) in [7, 11) is 2.09. The Kier molecular flexibility index (Phi) is 6.93. The number of hydrogen-bond donors (Lipinski definition) is 0. The first-order chi connectivity index (χ1) is 31.2. The van der Waals surface area contributed by atoms with E-state index in [2.05, 4.69) is 207 Å². The van der Waals surface area contributed by atoms with Crippen LogP contribution >= 0.6 is 0 Å². The zero-order valence-corrected chi connectivity index (χ0v) is 34.6. The molecule has 0 saturated heterocycles. The van der Waals surface area contributed by atoms with E-state index in [0.29, 0.717) is 5.92 Å². The summed E-state index contributed by atoms with van der Waals surface area (Å²) in [6, 6.07) is 56.7. The van der Waals surface area contributed by atoms with E-state index in [4.69, 9.17) is 15.0 Å². The van der Waals surface area contributed by atoms with Crippen LogP contribution in [-0.4, -0.2) is 37.8 Å². The number of fused-ring (bicyclic) bond motifs is 15. The Morgan fingerprint density at radius 2 is 1.03 bits per heavy atom. The summed E-state index contributed by atoms with van der Waals surface area (Å²) in [6.07, 6.45) is 7.33. The second-order valence-corrected chi connectivity index (χ2v) is 17.0. The van der Waals surface area contributed by atoms with Crippen molar-refractivity contribution in [1.29, 1.82) is 0 Å². The molecule has 0 bridgehead atoms. The van der Waals surface area contributed by atoms with E-state index >= 15 is 0 Å². The van der Waals surface area contributed by atoms with Gasteiger partial charge in [-0.15, -0.1) is 0 Å². The average Bonchev–Trinajstić information content (AvgIpc) is 4.12. The molecule has 14 rings (SSSR count). The largest absolute Gasteiger partial charge is 0.310 e. The molecular formula is C55H38N8. The number of aryl methyl sites for hydroxylation is 1. The normalized spacial score (nSPS) is 14.2. The van der Waals surface area contributed by atoms with Gasteiger partial charge in [0.1, 0.15) is 6.33 Å². The molecule has 1 atom stereocenters. The van der Waals surface area contributed by atoms with Gasteiger partial charge in [-0.25, -0.2) is 15.0 Å². The summed E-state index contributed by atoms with van der Waals surface area (Å²) in [5, 5.41) is 8.34. The Balaban J connectivity index is 1.12. The topological polar surface area (TPSA) is 63.3 Å². The lowest BCUT2D eigenvalue weighted by atomic mass is 9.90. The van der Waals surface area contributed by atoms with Crippen molar-refractivity contribution in [3.63, 3.8) is 0 Å². The lowest BCUT2D eigenvalue weighted by molar-refractivity contribution is 0.773. The van der Waals surface area contributed by atoms with Crippen LogP contribution in [-0.2, 0) is 7.05 Å². The Bertz CT molecular complexity index is 4080. The van der Waals surface area contributed by atoms with E-state index in [1.165, 1.54) is 43.7 Å². The summed E-state index contributed by atoms with van der Waals surface area (Å²) in [5.41, 5.74) is 14.2. The second-order valence-electron chi connectivity index (χ2n) is 17.0. The molecule has 1 unspecified atom stereocenters. The van der Waals surface area contributed by atoms with E-state index in [0.717, 1.165) is 84.6 Å². The van der Waals surface area contributed by atoms with Crippen LogP contribution in [0.1, 0.15) is 30.5 Å². The third-order valence-electron chi connectivity index (χ3n) is 13.6. The number of hydrogen-bond acceptors (Lipinski definition) is 3. The highest BCUT2D eigenvalue weighted by atomic mass is 15.3. The van der Waals surface area contributed by atoms with Crippen LogP contribution in [0.4, 0.5) is 0 Å². The van der Waals surface area contributed by atoms with Gasteiger partial charge in [0.25, 0.3) is 0 Å². The van der Waals surface area contributed by atoms with Crippen LogP contribution in [0.25, 0.3) is 117 Å². The number of benzene rings is 7. The summed E-state index contributed by atoms with van der Waals surface area (Å²) in [5.74, 6) is 1.85. The van der Waals surface area contributed by atoms with Crippen molar-refractivity contribution in [2.75, 3.05) is 0 Å². The molecule has 0 N–H and O–H groups in total. The van der Waals surface area contributed by atoms with Gasteiger partial charge >= 0.3 is 0 Å². The first-order valence-electron chi connectivity index (χ1n) is 21.7. The van der Waals surface area contributed by atoms with Crippen molar-refractivity contribution in [2.24, 2.45) is 7.05 Å². The minimum Gasteiger partial charge on any atom is -0.310 e. The number of allylic oxidation sites excluding steroid dienone is 1. The van der Waals surface area contributed by atoms with Crippen LogP contribution in [0.15, 0.2) is 170 Å². The molecule has 1 aliphatic rings. The lowest BCUT2D eigenvalue weighted by Gasteiger charge is -2.17. The van der Waals surface area contributed by atoms with Crippen molar-refractivity contribution >= 4 is 93.6 Å². The van der Waals surface area contributed by atoms with Gasteiger partial charge in [-0.2, -0.15) is 0 Å². The van der Waals surface area contributed by atoms with E-state index in [1.54, 1.807) is 6.33 Å². The van der Waals surface area contributed by atoms with Gasteiger partial charge in [0.2, 0.25) is 5.95 Å². The number of rotatable bonds is 4. The standard InChI is InChI=1S/C55H38N8/c1-33-16-15-27-45-47(33)48-46(60(45)34-17-5-3-6-18-34)31-30-39-36-21-11-14-26-44(36)63(50(39)48)55-58-49-53(59(55)2)56-32-57-54(49)62-43-25-13-10-23-38(43)41-29-28-40-37-22-9-12-24-42(37)61(51(40)52(41)62)35-19-7-4-8-20-35/h3-15,17-33H,16H2,1-2H3. The summed E-state index contributed by atoms with van der Waals surface area (Å²) in [4.78, 5) is 15.9. The molecule has 0 amide bonds. The first-order valence-corrected chi connectivity index (χ1v) is 21.7. The fourth-order valence-electron chi connectivity index (χ4n) is 11.0. The molecule has 6 heterocycles. The van der Waals surface area contributed by atoms with Crippen LogP contribution < -0.4 is 0 Å². The Morgan fingerprint density at radius 1 is 0.492 bits per heavy atom. The predicted octanol–water partition coefficient (Wildman–Crippen LogP) is 13.1. The Hall–Kier alpha value is -8.23. The molecule has 298 valence electrons.